The number of hydrogen-bond acceptors (Lipinski definition) is 5. The zero-order chi connectivity index (χ0) is 17.3. The minimum absolute atomic E-state index is 0.165. The number of carbonyl (C=O) groups is 1. The average Bonchev–Trinajstić information content (AvgIpc) is 3.12. The molecule has 0 radical (unpaired) electrons. The SMILES string of the molecule is O=C(N[C@]1(c2ccccc2)CCNC[C@H]1O)c1ccc2c(c1)OCO2. The van der Waals surface area contributed by atoms with Crippen molar-refractivity contribution in [1.29, 1.82) is 0 Å². The molecule has 1 saturated heterocycles. The number of rotatable bonds is 3. The monoisotopic (exact) mass is 340 g/mol. The molecule has 2 aromatic carbocycles. The molecular weight excluding hydrogens is 320 g/mol. The second-order valence-electron chi connectivity index (χ2n) is 6.33. The Balaban J connectivity index is 1.66. The molecule has 6 nitrogen and oxygen atoms in total. The van der Waals surface area contributed by atoms with Gasteiger partial charge in [-0.3, -0.25) is 4.79 Å². The Bertz CT molecular complexity index is 780. The van der Waals surface area contributed by atoms with Crippen molar-refractivity contribution in [3.05, 3.63) is 59.7 Å². The summed E-state index contributed by atoms with van der Waals surface area (Å²) >= 11 is 0. The Morgan fingerprint density at radius 1 is 1.16 bits per heavy atom. The first-order valence-corrected chi connectivity index (χ1v) is 8.35. The largest absolute Gasteiger partial charge is 0.454 e. The molecule has 0 aromatic heterocycles. The van der Waals surface area contributed by atoms with E-state index < -0.39 is 11.6 Å². The molecule has 2 aromatic rings. The van der Waals surface area contributed by atoms with Gasteiger partial charge in [-0.2, -0.15) is 0 Å². The van der Waals surface area contributed by atoms with Gasteiger partial charge in [0.2, 0.25) is 6.79 Å². The Morgan fingerprint density at radius 3 is 2.76 bits per heavy atom. The van der Waals surface area contributed by atoms with Crippen molar-refractivity contribution < 1.29 is 19.4 Å². The minimum atomic E-state index is -0.819. The Kier molecular flexibility index (Phi) is 4.07. The van der Waals surface area contributed by atoms with Gasteiger partial charge in [-0.25, -0.2) is 0 Å². The van der Waals surface area contributed by atoms with Crippen molar-refractivity contribution in [3.63, 3.8) is 0 Å². The maximum atomic E-state index is 12.9. The molecule has 1 fully saturated rings. The van der Waals surface area contributed by atoms with Crippen molar-refractivity contribution in [1.82, 2.24) is 10.6 Å². The van der Waals surface area contributed by atoms with Gasteiger partial charge in [0.05, 0.1) is 11.6 Å². The maximum Gasteiger partial charge on any atom is 0.252 e. The summed E-state index contributed by atoms with van der Waals surface area (Å²) in [7, 11) is 0. The molecule has 2 atom stereocenters. The smallest absolute Gasteiger partial charge is 0.252 e. The van der Waals surface area contributed by atoms with Gasteiger partial charge in [0.1, 0.15) is 0 Å². The third kappa shape index (κ3) is 2.83. The summed E-state index contributed by atoms with van der Waals surface area (Å²) in [5.74, 6) is 0.951. The van der Waals surface area contributed by atoms with Crippen LogP contribution in [0.25, 0.3) is 0 Å². The van der Waals surface area contributed by atoms with Crippen LogP contribution < -0.4 is 20.1 Å². The Labute approximate surface area is 145 Å². The van der Waals surface area contributed by atoms with Gasteiger partial charge in [-0.05, 0) is 36.7 Å². The molecule has 3 N–H and O–H groups in total. The number of carbonyl (C=O) groups excluding carboxylic acids is 1. The number of fused-ring (bicyclic) bond motifs is 1. The molecule has 1 amide bonds. The van der Waals surface area contributed by atoms with Crippen molar-refractivity contribution in [2.24, 2.45) is 0 Å². The molecule has 130 valence electrons. The lowest BCUT2D eigenvalue weighted by Gasteiger charge is -2.43. The molecule has 2 heterocycles. The fourth-order valence-corrected chi connectivity index (χ4v) is 3.47. The summed E-state index contributed by atoms with van der Waals surface area (Å²) in [6, 6.07) is 14.7. The van der Waals surface area contributed by atoms with Crippen LogP contribution >= 0.6 is 0 Å². The molecule has 2 aliphatic heterocycles. The van der Waals surface area contributed by atoms with Crippen molar-refractivity contribution in [3.8, 4) is 11.5 Å². The van der Waals surface area contributed by atoms with E-state index in [0.717, 1.165) is 5.56 Å². The first-order chi connectivity index (χ1) is 12.2. The molecule has 0 saturated carbocycles. The minimum Gasteiger partial charge on any atom is -0.454 e. The highest BCUT2D eigenvalue weighted by Crippen LogP contribution is 2.34. The van der Waals surface area contributed by atoms with Crippen LogP contribution in [0.5, 0.6) is 11.5 Å². The number of aliphatic hydroxyl groups excluding tert-OH is 1. The molecular formula is C19H20N2O4. The zero-order valence-electron chi connectivity index (χ0n) is 13.7. The molecule has 0 unspecified atom stereocenters. The molecule has 0 spiro atoms. The summed E-state index contributed by atoms with van der Waals surface area (Å²) in [5, 5.41) is 17.0. The molecule has 0 aliphatic carbocycles. The highest BCUT2D eigenvalue weighted by molar-refractivity contribution is 5.95. The van der Waals surface area contributed by atoms with Crippen LogP contribution in [0.2, 0.25) is 0 Å². The summed E-state index contributed by atoms with van der Waals surface area (Å²) in [6.45, 7) is 1.31. The van der Waals surface area contributed by atoms with Gasteiger partial charge >= 0.3 is 0 Å². The van der Waals surface area contributed by atoms with Gasteiger partial charge in [-0.1, -0.05) is 30.3 Å². The van der Waals surface area contributed by atoms with E-state index in [0.29, 0.717) is 36.6 Å². The fourth-order valence-electron chi connectivity index (χ4n) is 3.47. The zero-order valence-corrected chi connectivity index (χ0v) is 13.7. The number of benzene rings is 2. The van der Waals surface area contributed by atoms with E-state index >= 15 is 0 Å². The van der Waals surface area contributed by atoms with E-state index in [1.54, 1.807) is 18.2 Å². The van der Waals surface area contributed by atoms with Crippen LogP contribution in [-0.4, -0.2) is 37.0 Å². The van der Waals surface area contributed by atoms with Crippen LogP contribution in [0.3, 0.4) is 0 Å². The third-order valence-corrected chi connectivity index (χ3v) is 4.86. The lowest BCUT2D eigenvalue weighted by atomic mass is 9.79. The van der Waals surface area contributed by atoms with E-state index in [-0.39, 0.29) is 12.7 Å². The summed E-state index contributed by atoms with van der Waals surface area (Å²) in [5.41, 5.74) is 0.559. The molecule has 4 rings (SSSR count). The predicted molar refractivity (Wildman–Crippen MR) is 91.6 cm³/mol. The van der Waals surface area contributed by atoms with E-state index in [4.69, 9.17) is 9.47 Å². The number of piperidine rings is 1. The number of aliphatic hydroxyl groups is 1. The average molecular weight is 340 g/mol. The van der Waals surface area contributed by atoms with Gasteiger partial charge in [0.25, 0.3) is 5.91 Å². The van der Waals surface area contributed by atoms with Gasteiger partial charge in [0.15, 0.2) is 11.5 Å². The fraction of sp³-hybridized carbons (Fsp3) is 0.316. The van der Waals surface area contributed by atoms with E-state index in [1.807, 2.05) is 30.3 Å². The number of hydrogen-bond donors (Lipinski definition) is 3. The standard InChI is InChI=1S/C19H20N2O4/c22-17-11-20-9-8-19(17,14-4-2-1-3-5-14)21-18(23)13-6-7-15-16(10-13)25-12-24-15/h1-7,10,17,20,22H,8-9,11-12H2,(H,21,23)/t17-,19+/m1/s1. The molecule has 0 bridgehead atoms. The predicted octanol–water partition coefficient (Wildman–Crippen LogP) is 1.39. The second-order valence-corrected chi connectivity index (χ2v) is 6.33. The van der Waals surface area contributed by atoms with E-state index in [9.17, 15) is 9.90 Å². The topological polar surface area (TPSA) is 79.8 Å². The second kappa shape index (κ2) is 6.38. The summed E-state index contributed by atoms with van der Waals surface area (Å²) in [6.07, 6.45) is -0.115. The lowest BCUT2D eigenvalue weighted by Crippen LogP contribution is -2.61. The number of nitrogens with one attached hydrogen (secondary N) is 2. The molecule has 6 heteroatoms. The van der Waals surface area contributed by atoms with Crippen LogP contribution in [0.15, 0.2) is 48.5 Å². The van der Waals surface area contributed by atoms with Crippen molar-refractivity contribution in [2.75, 3.05) is 19.9 Å². The summed E-state index contributed by atoms with van der Waals surface area (Å²) in [4.78, 5) is 12.9. The van der Waals surface area contributed by atoms with E-state index in [1.165, 1.54) is 0 Å². The third-order valence-electron chi connectivity index (χ3n) is 4.86. The Hall–Kier alpha value is -2.57. The normalized spacial score (nSPS) is 24.8. The van der Waals surface area contributed by atoms with Crippen LogP contribution in [0.1, 0.15) is 22.3 Å². The van der Waals surface area contributed by atoms with Gasteiger partial charge in [-0.15, -0.1) is 0 Å². The quantitative estimate of drug-likeness (QED) is 0.787. The maximum absolute atomic E-state index is 12.9. The highest BCUT2D eigenvalue weighted by atomic mass is 16.7. The summed E-state index contributed by atoms with van der Waals surface area (Å²) < 4.78 is 10.6. The van der Waals surface area contributed by atoms with Crippen LogP contribution in [0.4, 0.5) is 0 Å². The first kappa shape index (κ1) is 15.9. The molecule has 2 aliphatic rings. The van der Waals surface area contributed by atoms with Gasteiger partial charge < -0.3 is 25.2 Å². The van der Waals surface area contributed by atoms with Crippen molar-refractivity contribution in [2.45, 2.75) is 18.1 Å². The first-order valence-electron chi connectivity index (χ1n) is 8.35. The van der Waals surface area contributed by atoms with Crippen LogP contribution in [0, 0.1) is 0 Å². The number of amides is 1. The van der Waals surface area contributed by atoms with Crippen molar-refractivity contribution >= 4 is 5.91 Å². The highest BCUT2D eigenvalue weighted by Gasteiger charge is 2.43. The lowest BCUT2D eigenvalue weighted by molar-refractivity contribution is 0.0289. The number of β-amino-alcohol motifs (C(OH)–C–C–N with tert-alkyl or cyclic N) is 1. The Morgan fingerprint density at radius 2 is 1.96 bits per heavy atom. The van der Waals surface area contributed by atoms with Crippen LogP contribution in [-0.2, 0) is 5.54 Å². The van der Waals surface area contributed by atoms with Gasteiger partial charge in [0, 0.05) is 12.1 Å². The van der Waals surface area contributed by atoms with E-state index in [2.05, 4.69) is 10.6 Å². The number of ether oxygens (including phenoxy) is 2. The molecule has 25 heavy (non-hydrogen) atoms.